The van der Waals surface area contributed by atoms with E-state index in [1.54, 1.807) is 12.1 Å². The van der Waals surface area contributed by atoms with Gasteiger partial charge in [0.25, 0.3) is 0 Å². The Morgan fingerprint density at radius 3 is 2.52 bits per heavy atom. The molecule has 2 rings (SSSR count). The van der Waals surface area contributed by atoms with Gasteiger partial charge >= 0.3 is 5.97 Å². The van der Waals surface area contributed by atoms with E-state index in [-0.39, 0.29) is 37.0 Å². The molecule has 1 heterocycles. The van der Waals surface area contributed by atoms with Crippen molar-refractivity contribution in [1.29, 1.82) is 0 Å². The molecule has 0 aromatic heterocycles. The predicted molar refractivity (Wildman–Crippen MR) is 114 cm³/mol. The number of hydrogen-bond acceptors (Lipinski definition) is 6. The number of carbonyl (C=O) groups is 3. The van der Waals surface area contributed by atoms with E-state index in [0.29, 0.717) is 25.8 Å². The van der Waals surface area contributed by atoms with E-state index in [0.717, 1.165) is 5.56 Å². The van der Waals surface area contributed by atoms with Gasteiger partial charge in [-0.15, -0.1) is 0 Å². The highest BCUT2D eigenvalue weighted by atomic mass is 16.4. The van der Waals surface area contributed by atoms with Crippen LogP contribution in [0.1, 0.15) is 31.2 Å². The number of carbonyl (C=O) groups excluding carboxylic acids is 2. The number of carboxylic acid groups (broad SMARTS) is 1. The fourth-order valence-electron chi connectivity index (χ4n) is 3.52. The smallest absolute Gasteiger partial charge is 0.326 e. The summed E-state index contributed by atoms with van der Waals surface area (Å²) in [4.78, 5) is 42.3. The number of rotatable bonds is 10. The minimum absolute atomic E-state index is 0.0836. The zero-order valence-corrected chi connectivity index (χ0v) is 17.2. The topological polar surface area (TPSA) is 197 Å². The highest BCUT2D eigenvalue weighted by Crippen LogP contribution is 2.20. The van der Waals surface area contributed by atoms with E-state index < -0.39 is 30.0 Å². The monoisotopic (exact) mass is 434 g/mol. The van der Waals surface area contributed by atoms with Crippen molar-refractivity contribution >= 4 is 23.7 Å². The lowest BCUT2D eigenvalue weighted by Crippen LogP contribution is -2.54. The second-order valence-electron chi connectivity index (χ2n) is 7.51. The van der Waals surface area contributed by atoms with Crippen molar-refractivity contribution in [3.63, 3.8) is 0 Å². The number of likely N-dealkylation sites (tertiary alicyclic amines) is 1. The quantitative estimate of drug-likeness (QED) is 0.151. The van der Waals surface area contributed by atoms with Crippen molar-refractivity contribution in [1.82, 2.24) is 10.2 Å². The van der Waals surface area contributed by atoms with Crippen LogP contribution >= 0.6 is 0 Å². The summed E-state index contributed by atoms with van der Waals surface area (Å²) in [6, 6.07) is 3.65. The van der Waals surface area contributed by atoms with Crippen LogP contribution in [-0.2, 0) is 20.8 Å². The zero-order chi connectivity index (χ0) is 23.0. The van der Waals surface area contributed by atoms with Gasteiger partial charge in [-0.05, 0) is 49.8 Å². The Balaban J connectivity index is 1.96. The van der Waals surface area contributed by atoms with Gasteiger partial charge in [0.05, 0.1) is 6.04 Å². The molecular formula is C20H30N6O5. The number of carboxylic acids is 1. The van der Waals surface area contributed by atoms with Gasteiger partial charge in [0.2, 0.25) is 11.8 Å². The van der Waals surface area contributed by atoms with E-state index in [1.165, 1.54) is 17.0 Å². The standard InChI is InChI=1S/C20H30N6O5/c21-14(11-12-5-7-13(27)8-6-12)18(29)26-10-2-4-16(26)17(28)25-15(19(30)31)3-1-9-24-20(22)23/h5-8,14-16,27H,1-4,9-11,21H2,(H,25,28)(H,30,31)(H4,22,23,24). The molecule has 0 saturated carbocycles. The number of hydrogen-bond donors (Lipinski definition) is 6. The number of aliphatic carboxylic acids is 1. The van der Waals surface area contributed by atoms with Crippen molar-refractivity contribution in [2.24, 2.45) is 22.2 Å². The summed E-state index contributed by atoms with van der Waals surface area (Å²) in [5.74, 6) is -2.02. The number of aliphatic imine (C=N–C) groups is 1. The Bertz CT molecular complexity index is 809. The molecule has 1 aromatic rings. The Morgan fingerprint density at radius 2 is 1.90 bits per heavy atom. The van der Waals surface area contributed by atoms with Crippen molar-refractivity contribution in [2.45, 2.75) is 50.2 Å². The summed E-state index contributed by atoms with van der Waals surface area (Å²) < 4.78 is 0. The van der Waals surface area contributed by atoms with Gasteiger partial charge in [0.15, 0.2) is 5.96 Å². The summed E-state index contributed by atoms with van der Waals surface area (Å²) in [7, 11) is 0. The van der Waals surface area contributed by atoms with Gasteiger partial charge in [0.1, 0.15) is 17.8 Å². The first-order valence-electron chi connectivity index (χ1n) is 10.1. The highest BCUT2D eigenvalue weighted by Gasteiger charge is 2.37. The maximum absolute atomic E-state index is 12.8. The van der Waals surface area contributed by atoms with Gasteiger partial charge in [-0.1, -0.05) is 12.1 Å². The number of phenolic OH excluding ortho intramolecular Hbond substituents is 1. The van der Waals surface area contributed by atoms with Gasteiger partial charge < -0.3 is 37.6 Å². The summed E-state index contributed by atoms with van der Waals surface area (Å²) in [5.41, 5.74) is 17.3. The summed E-state index contributed by atoms with van der Waals surface area (Å²) in [5, 5.41) is 21.3. The number of phenols is 1. The Labute approximate surface area is 180 Å². The summed E-state index contributed by atoms with van der Waals surface area (Å²) >= 11 is 0. The van der Waals surface area contributed by atoms with Gasteiger partial charge in [-0.3, -0.25) is 14.6 Å². The van der Waals surface area contributed by atoms with Crippen LogP contribution in [-0.4, -0.2) is 70.1 Å². The third-order valence-corrected chi connectivity index (χ3v) is 5.11. The van der Waals surface area contributed by atoms with Crippen molar-refractivity contribution in [3.8, 4) is 5.75 Å². The average Bonchev–Trinajstić information content (AvgIpc) is 3.20. The Kier molecular flexibility index (Phi) is 8.62. The number of nitrogens with zero attached hydrogens (tertiary/aromatic N) is 2. The first-order chi connectivity index (χ1) is 14.7. The number of nitrogens with one attached hydrogen (secondary N) is 1. The number of benzene rings is 1. The maximum atomic E-state index is 12.8. The van der Waals surface area contributed by atoms with Crippen LogP contribution in [0.25, 0.3) is 0 Å². The highest BCUT2D eigenvalue weighted by molar-refractivity contribution is 5.92. The molecule has 0 aliphatic carbocycles. The lowest BCUT2D eigenvalue weighted by Gasteiger charge is -2.27. The van der Waals surface area contributed by atoms with E-state index in [1.807, 2.05) is 0 Å². The van der Waals surface area contributed by atoms with Crippen LogP contribution < -0.4 is 22.5 Å². The minimum Gasteiger partial charge on any atom is -0.508 e. The normalized spacial score (nSPS) is 17.6. The van der Waals surface area contributed by atoms with Gasteiger partial charge in [-0.2, -0.15) is 0 Å². The molecule has 170 valence electrons. The second kappa shape index (κ2) is 11.2. The molecule has 1 aliphatic heterocycles. The van der Waals surface area contributed by atoms with E-state index in [2.05, 4.69) is 10.3 Å². The molecule has 1 aliphatic rings. The van der Waals surface area contributed by atoms with Crippen LogP contribution in [0.4, 0.5) is 0 Å². The third kappa shape index (κ3) is 7.14. The molecule has 11 nitrogen and oxygen atoms in total. The number of nitrogens with two attached hydrogens (primary N) is 3. The molecule has 0 radical (unpaired) electrons. The van der Waals surface area contributed by atoms with E-state index >= 15 is 0 Å². The third-order valence-electron chi connectivity index (χ3n) is 5.11. The molecular weight excluding hydrogens is 404 g/mol. The molecule has 1 aromatic carbocycles. The fraction of sp³-hybridized carbons (Fsp3) is 0.500. The van der Waals surface area contributed by atoms with E-state index in [9.17, 15) is 24.6 Å². The summed E-state index contributed by atoms with van der Waals surface area (Å²) in [6.07, 6.45) is 1.84. The molecule has 9 N–H and O–H groups in total. The predicted octanol–water partition coefficient (Wildman–Crippen LogP) is -1.12. The lowest BCUT2D eigenvalue weighted by atomic mass is 10.0. The van der Waals surface area contributed by atoms with Gasteiger partial charge in [0, 0.05) is 13.1 Å². The number of guanidine groups is 1. The van der Waals surface area contributed by atoms with Crippen molar-refractivity contribution in [3.05, 3.63) is 29.8 Å². The van der Waals surface area contributed by atoms with Crippen LogP contribution in [0.5, 0.6) is 5.75 Å². The first-order valence-corrected chi connectivity index (χ1v) is 10.1. The molecule has 3 unspecified atom stereocenters. The van der Waals surface area contributed by atoms with Crippen LogP contribution in [0.3, 0.4) is 0 Å². The molecule has 1 saturated heterocycles. The van der Waals surface area contributed by atoms with Crippen LogP contribution in [0, 0.1) is 0 Å². The summed E-state index contributed by atoms with van der Waals surface area (Å²) in [6.45, 7) is 0.630. The van der Waals surface area contributed by atoms with E-state index in [4.69, 9.17) is 17.2 Å². The molecule has 11 heteroatoms. The molecule has 2 amide bonds. The minimum atomic E-state index is -1.17. The molecule has 0 spiro atoms. The molecule has 31 heavy (non-hydrogen) atoms. The van der Waals surface area contributed by atoms with Gasteiger partial charge in [-0.25, -0.2) is 4.79 Å². The SMILES string of the molecule is NC(N)=NCCCC(NC(=O)C1CCCN1C(=O)C(N)Cc1ccc(O)cc1)C(=O)O. The maximum Gasteiger partial charge on any atom is 0.326 e. The molecule has 0 bridgehead atoms. The zero-order valence-electron chi connectivity index (χ0n) is 17.2. The molecule has 1 fully saturated rings. The van der Waals surface area contributed by atoms with Crippen LogP contribution in [0.2, 0.25) is 0 Å². The number of amides is 2. The van der Waals surface area contributed by atoms with Crippen molar-refractivity contribution < 1.29 is 24.6 Å². The lowest BCUT2D eigenvalue weighted by molar-refractivity contribution is -0.144. The van der Waals surface area contributed by atoms with Crippen LogP contribution in [0.15, 0.2) is 29.3 Å². The molecule has 3 atom stereocenters. The Hall–Kier alpha value is -3.34. The second-order valence-corrected chi connectivity index (χ2v) is 7.51. The van der Waals surface area contributed by atoms with Crippen molar-refractivity contribution in [2.75, 3.05) is 13.1 Å². The largest absolute Gasteiger partial charge is 0.508 e. The first kappa shape index (κ1) is 23.9. The fourth-order valence-corrected chi connectivity index (χ4v) is 3.52. The average molecular weight is 434 g/mol. The Morgan fingerprint density at radius 1 is 1.23 bits per heavy atom. The number of aromatic hydroxyl groups is 1.